The molecule has 0 aliphatic rings. The highest BCUT2D eigenvalue weighted by molar-refractivity contribution is 7.44. The fourth-order valence-electron chi connectivity index (χ4n) is 0.537. The molecule has 0 radical (unpaired) electrons. The number of hydrogen-bond acceptors (Lipinski definition) is 2. The number of hydrogen-bond donors (Lipinski definition) is 1. The summed E-state index contributed by atoms with van der Waals surface area (Å²) in [5.74, 6) is 0. The number of unbranched alkanes of at least 4 members (excludes halogenated alkanes) is 1. The van der Waals surface area contributed by atoms with E-state index in [1.54, 1.807) is 0 Å². The molecule has 0 spiro atoms. The number of aromatic amines is 1. The van der Waals surface area contributed by atoms with E-state index in [4.69, 9.17) is 4.84 Å². The Hall–Kier alpha value is 0.260. The largest absolute Gasteiger partial charge is 0.311 e. The normalized spacial score (nSPS) is 12.1. The van der Waals surface area contributed by atoms with E-state index in [-0.39, 0.29) is 0 Å². The number of H-pyrrole nitrogens is 1. The lowest BCUT2D eigenvalue weighted by atomic mass is 10.4. The fraction of sp³-hybridized carbons (Fsp3) is 1.00. The van der Waals surface area contributed by atoms with Crippen LogP contribution >= 0.6 is 25.5 Å². The molecule has 2 atom stereocenters. The first-order valence-corrected chi connectivity index (χ1v) is 6.22. The highest BCUT2D eigenvalue weighted by Gasteiger charge is 1.86. The van der Waals surface area contributed by atoms with E-state index in [0.717, 1.165) is 21.5 Å². The van der Waals surface area contributed by atoms with E-state index in [2.05, 4.69) is 15.9 Å². The molecule has 1 N–H and O–H groups in total. The average Bonchev–Trinajstić information content (AvgIpc) is 2.07. The van der Waals surface area contributed by atoms with Gasteiger partial charge in [-0.1, -0.05) is 13.3 Å². The van der Waals surface area contributed by atoms with Crippen molar-refractivity contribution < 1.29 is 4.84 Å². The van der Waals surface area contributed by atoms with Gasteiger partial charge in [0.1, 0.15) is 0 Å². The Bertz CT molecular complexity index is 197. The topological polar surface area (TPSA) is 42.8 Å². The van der Waals surface area contributed by atoms with Crippen molar-refractivity contribution in [3.63, 3.8) is 0 Å². The zero-order valence-corrected chi connectivity index (χ0v) is 9.27. The molecule has 1 rings (SSSR count). The van der Waals surface area contributed by atoms with Gasteiger partial charge in [0.25, 0.3) is 0 Å². The summed E-state index contributed by atoms with van der Waals surface area (Å²) in [6.45, 7) is 2.97. The molecule has 2 unspecified atom stereocenters. The number of aromatic nitrogens is 3. The van der Waals surface area contributed by atoms with Crippen LogP contribution in [0.25, 0.3) is 0 Å². The van der Waals surface area contributed by atoms with Gasteiger partial charge in [-0.3, -0.25) is 4.84 Å². The molecule has 11 heavy (non-hydrogen) atoms. The summed E-state index contributed by atoms with van der Waals surface area (Å²) in [6, 6.07) is 0. The van der Waals surface area contributed by atoms with Gasteiger partial charge in [0.15, 0.2) is 8.51 Å². The van der Waals surface area contributed by atoms with Crippen LogP contribution < -0.4 is 4.84 Å². The predicted octanol–water partition coefficient (Wildman–Crippen LogP) is 2.21. The van der Waals surface area contributed by atoms with Gasteiger partial charge in [0, 0.05) is 17.0 Å². The van der Waals surface area contributed by atoms with Crippen LogP contribution in [0.5, 0.6) is 0 Å². The summed E-state index contributed by atoms with van der Waals surface area (Å²) in [7, 11) is 2.07. The lowest BCUT2D eigenvalue weighted by Gasteiger charge is -2.02. The molecule has 0 aliphatic carbocycles. The van der Waals surface area contributed by atoms with Crippen molar-refractivity contribution in [3.05, 3.63) is 0 Å². The van der Waals surface area contributed by atoms with E-state index >= 15 is 0 Å². The third-order valence-corrected chi connectivity index (χ3v) is 3.91. The molecule has 0 aliphatic heterocycles. The van der Waals surface area contributed by atoms with Crippen LogP contribution in [0.15, 0.2) is 0 Å². The Labute approximate surface area is 70.7 Å². The maximum Gasteiger partial charge on any atom is 0.169 e. The molecule has 0 amide bonds. The molecule has 4 nitrogen and oxygen atoms in total. The van der Waals surface area contributed by atoms with Gasteiger partial charge >= 0.3 is 0 Å². The smallest absolute Gasteiger partial charge is 0.169 e. The molecule has 0 saturated heterocycles. The molecule has 0 saturated carbocycles. The third kappa shape index (κ3) is 3.98. The molecule has 0 fully saturated rings. The van der Waals surface area contributed by atoms with Gasteiger partial charge < -0.3 is 4.51 Å². The van der Waals surface area contributed by atoms with Crippen LogP contribution in [0.1, 0.15) is 19.8 Å². The summed E-state index contributed by atoms with van der Waals surface area (Å²) in [5.41, 5.74) is 0. The van der Waals surface area contributed by atoms with Gasteiger partial charge in [0.05, 0.1) is 6.61 Å². The summed E-state index contributed by atoms with van der Waals surface area (Å²) >= 11 is 0. The highest BCUT2D eigenvalue weighted by Crippen LogP contribution is 2.09. The maximum atomic E-state index is 5.40. The molecule has 64 valence electrons. The zero-order valence-electron chi connectivity index (χ0n) is 6.37. The van der Waals surface area contributed by atoms with Crippen LogP contribution in [0.3, 0.4) is 0 Å². The Morgan fingerprint density at radius 3 is 3.27 bits per heavy atom. The minimum absolute atomic E-state index is 0.546. The second-order valence-corrected chi connectivity index (χ2v) is 5.57. The van der Waals surface area contributed by atoms with Gasteiger partial charge in [-0.15, -0.1) is 0 Å². The Morgan fingerprint density at radius 1 is 1.73 bits per heavy atom. The van der Waals surface area contributed by atoms with Crippen molar-refractivity contribution in [1.82, 2.24) is 13.3 Å². The Balaban J connectivity index is 2.28. The average molecular weight is 211 g/mol. The van der Waals surface area contributed by atoms with E-state index in [1.807, 2.05) is 4.26 Å². The Morgan fingerprint density at radius 2 is 2.64 bits per heavy atom. The molecule has 7 heteroatoms. The quantitative estimate of drug-likeness (QED) is 0.775. The van der Waals surface area contributed by atoms with Crippen molar-refractivity contribution in [2.45, 2.75) is 19.8 Å². The Kier molecular flexibility index (Phi) is 4.97. The lowest BCUT2D eigenvalue weighted by Crippen LogP contribution is -2.06. The van der Waals surface area contributed by atoms with Crippen molar-refractivity contribution in [2.75, 3.05) is 6.61 Å². The lowest BCUT2D eigenvalue weighted by molar-refractivity contribution is 0.153. The fourth-order valence-corrected chi connectivity index (χ4v) is 3.59. The zero-order chi connectivity index (χ0) is 7.94. The first-order valence-electron chi connectivity index (χ1n) is 3.53. The summed E-state index contributed by atoms with van der Waals surface area (Å²) in [4.78, 5) is 5.40. The summed E-state index contributed by atoms with van der Waals surface area (Å²) in [5, 5.41) is 0. The molecule has 1 heterocycles. The van der Waals surface area contributed by atoms with Crippen molar-refractivity contribution in [3.8, 4) is 0 Å². The summed E-state index contributed by atoms with van der Waals surface area (Å²) < 4.78 is 9.13. The van der Waals surface area contributed by atoms with Gasteiger partial charge in [0.2, 0.25) is 0 Å². The van der Waals surface area contributed by atoms with Crippen LogP contribution in [0, 0.1) is 0 Å². The maximum absolute atomic E-state index is 5.40. The van der Waals surface area contributed by atoms with E-state index in [9.17, 15) is 0 Å². The van der Waals surface area contributed by atoms with Crippen molar-refractivity contribution >= 4 is 25.5 Å². The molecule has 0 bridgehead atoms. The number of nitrogens with zero attached hydrogens (tertiary/aromatic N) is 2. The summed E-state index contributed by atoms with van der Waals surface area (Å²) in [6.07, 6.45) is 2.30. The molecule has 0 aromatic carbocycles. The molecular formula is C4H12N3OP3. The first-order chi connectivity index (χ1) is 5.43. The molecule has 1 aromatic heterocycles. The van der Waals surface area contributed by atoms with Gasteiger partial charge in [-0.2, -0.15) is 8.76 Å². The number of nitrogens with one attached hydrogen (secondary N) is 1. The van der Waals surface area contributed by atoms with Gasteiger partial charge in [-0.25, -0.2) is 0 Å². The molecule has 1 aromatic rings. The highest BCUT2D eigenvalue weighted by atomic mass is 31.1. The first kappa shape index (κ1) is 9.35. The van der Waals surface area contributed by atoms with Gasteiger partial charge in [-0.05, 0) is 6.42 Å². The van der Waals surface area contributed by atoms with Crippen molar-refractivity contribution in [2.24, 2.45) is 0 Å². The van der Waals surface area contributed by atoms with Crippen LogP contribution in [-0.2, 0) is 0 Å². The minimum atomic E-state index is 0.546. The van der Waals surface area contributed by atoms with Crippen molar-refractivity contribution in [1.29, 1.82) is 0 Å². The van der Waals surface area contributed by atoms with Crippen LogP contribution in [0.2, 0.25) is 0 Å². The van der Waals surface area contributed by atoms with Crippen LogP contribution in [-0.4, -0.2) is 19.9 Å². The molecular weight excluding hydrogens is 199 g/mol. The third-order valence-electron chi connectivity index (χ3n) is 1.09. The minimum Gasteiger partial charge on any atom is -0.311 e. The van der Waals surface area contributed by atoms with E-state index in [1.165, 1.54) is 6.42 Å². The van der Waals surface area contributed by atoms with E-state index in [0.29, 0.717) is 17.0 Å². The van der Waals surface area contributed by atoms with Crippen LogP contribution in [0.4, 0.5) is 0 Å². The predicted molar refractivity (Wildman–Crippen MR) is 52.1 cm³/mol. The second-order valence-electron chi connectivity index (χ2n) is 2.00. The second kappa shape index (κ2) is 5.85. The van der Waals surface area contributed by atoms with E-state index < -0.39 is 0 Å². The monoisotopic (exact) mass is 211 g/mol. The SMILES string of the molecule is CCCCOn1pn[pH][nH][pH]1. The number of rotatable bonds is 4. The standard InChI is InChI=1S/C4H12N3OP3/c1-2-3-4-8-7-10-5-9-6-11-7/h5,9-10H,2-4H2,1H3.